The van der Waals surface area contributed by atoms with Crippen molar-refractivity contribution in [2.45, 2.75) is 347 Å². The van der Waals surface area contributed by atoms with Gasteiger partial charge < -0.3 is 251 Å². The van der Waals surface area contributed by atoms with Crippen LogP contribution in [0.15, 0.2) is 0 Å². The number of carboxylic acids is 1. The highest BCUT2D eigenvalue weighted by Gasteiger charge is 2.64. The third-order valence-corrected chi connectivity index (χ3v) is 23.0. The Morgan fingerprint density at radius 1 is 0.389 bits per heavy atom. The highest BCUT2D eigenvalue weighted by atomic mass is 16.8. The highest BCUT2D eigenvalue weighted by molar-refractivity contribution is 5.81. The number of nitrogens with one attached hydrogen (secondary N) is 4. The second kappa shape index (κ2) is 43.5. The Labute approximate surface area is 711 Å². The summed E-state index contributed by atoms with van der Waals surface area (Å²) in [4.78, 5) is 90.8. The Kier molecular flexibility index (Phi) is 35.5. The van der Waals surface area contributed by atoms with Crippen molar-refractivity contribution in [1.82, 2.24) is 21.3 Å². The van der Waals surface area contributed by atoms with E-state index in [1.807, 2.05) is 0 Å². The Morgan fingerprint density at radius 2 is 0.762 bits per heavy atom. The molecule has 126 heavy (non-hydrogen) atoms. The minimum atomic E-state index is -3.32. The predicted molar refractivity (Wildman–Crippen MR) is 386 cm³/mol. The molecule has 57 nitrogen and oxygen atoms in total. The van der Waals surface area contributed by atoms with Crippen LogP contribution in [0.25, 0.3) is 0 Å². The molecule has 10 heterocycles. The van der Waals surface area contributed by atoms with Gasteiger partial charge in [-0.25, -0.2) is 4.79 Å². The van der Waals surface area contributed by atoms with Gasteiger partial charge in [-0.3, -0.25) is 28.8 Å². The van der Waals surface area contributed by atoms with Crippen LogP contribution in [-0.4, -0.2) is 510 Å². The molecule has 10 aliphatic rings. The largest absolute Gasteiger partial charge is 0.477 e. The van der Waals surface area contributed by atoms with Crippen LogP contribution in [0.2, 0.25) is 0 Å². The SMILES string of the molecule is CC(=O)N[C@H]1[C@@H](O[C@H]2[C@H](O)[C@@H](C)O[C@@H](O[C@H]3[C@H](O[C@H]4O[C@H](CO)[C@@H](O)[C@H](O)[C@H]4O)[C@H](O[C@H]4O[C@H](CO)[C@H](O)[C@H](O)[C@H]4N)[C@H](O[C@H]4[C@H](O)[C@H](O[C@@H]5O[C@H](CO)[C@@H](O)[C@H](O)[C@H]5O)[C@@H](O[C@H]5[C@@H]([C@H](O)CO)O[C@@](O)(C(=O)O)C[C@H]5O)O[C@@H]4CO)O[C@@H]3CO)[C@@H]2NC(C)=O)O[C@H](C(N)=O)[C@H](O[C@H]2O[C@H](C(N)=O)[C@H](O[C@@H]3O[C@H](C)[C@@H](NC=O)C(O)[C@H]3O)[C@H](O)[C@H]2NC(C)=O)[C@@H]1O. The first kappa shape index (κ1) is 103. The van der Waals surface area contributed by atoms with E-state index in [0.29, 0.717) is 0 Å². The number of hydrogen-bond acceptors (Lipinski definition) is 50. The van der Waals surface area contributed by atoms with Crippen LogP contribution in [0.1, 0.15) is 41.0 Å². The molecule has 1 unspecified atom stereocenters. The maximum atomic E-state index is 13.9. The zero-order chi connectivity index (χ0) is 93.2. The minimum absolute atomic E-state index is 0.203. The third-order valence-electron chi connectivity index (χ3n) is 23.0. The number of rotatable bonds is 33. The van der Waals surface area contributed by atoms with Crippen LogP contribution in [-0.2, 0) is 124 Å². The summed E-state index contributed by atoms with van der Waals surface area (Å²) in [5.41, 5.74) is 18.2. The van der Waals surface area contributed by atoms with Crippen molar-refractivity contribution < 1.29 is 246 Å². The number of aliphatic hydroxyl groups is 23. The number of aliphatic hydroxyl groups excluding tert-OH is 22. The van der Waals surface area contributed by atoms with Gasteiger partial charge >= 0.3 is 5.97 Å². The van der Waals surface area contributed by atoms with Gasteiger partial charge in [0.05, 0.1) is 70.0 Å². The van der Waals surface area contributed by atoms with E-state index in [0.717, 1.165) is 27.7 Å². The van der Waals surface area contributed by atoms with Crippen molar-refractivity contribution in [3.8, 4) is 0 Å². The van der Waals surface area contributed by atoms with Crippen molar-refractivity contribution in [2.75, 3.05) is 39.6 Å². The lowest BCUT2D eigenvalue weighted by atomic mass is 9.92. The smallest absolute Gasteiger partial charge is 0.364 e. The molecule has 0 saturated carbocycles. The van der Waals surface area contributed by atoms with E-state index in [1.165, 1.54) is 6.92 Å². The molecule has 0 radical (unpaired) electrons. The summed E-state index contributed by atoms with van der Waals surface area (Å²) in [7, 11) is 0. The molecule has 0 aromatic carbocycles. The lowest BCUT2D eigenvalue weighted by Crippen LogP contribution is -2.73. The fourth-order valence-corrected chi connectivity index (χ4v) is 16.3. The molecule has 10 rings (SSSR count). The maximum Gasteiger partial charge on any atom is 0.364 e. The summed E-state index contributed by atoms with van der Waals surface area (Å²) in [5.74, 6) is -11.6. The number of carboxylic acid groups (broad SMARTS) is 1. The van der Waals surface area contributed by atoms with Gasteiger partial charge in [0.2, 0.25) is 35.9 Å². The summed E-state index contributed by atoms with van der Waals surface area (Å²) >= 11 is 0. The summed E-state index contributed by atoms with van der Waals surface area (Å²) in [5, 5.41) is 279. The molecule has 0 aromatic heterocycles. The van der Waals surface area contributed by atoms with E-state index in [-0.39, 0.29) is 6.41 Å². The lowest BCUT2D eigenvalue weighted by Gasteiger charge is -2.53. The quantitative estimate of drug-likeness (QED) is 0.0271. The second-order valence-corrected chi connectivity index (χ2v) is 31.7. The van der Waals surface area contributed by atoms with Crippen LogP contribution < -0.4 is 38.5 Å². The summed E-state index contributed by atoms with van der Waals surface area (Å²) < 4.78 is 115. The van der Waals surface area contributed by atoms with E-state index >= 15 is 0 Å². The molecule has 50 atom stereocenters. The lowest BCUT2D eigenvalue weighted by molar-refractivity contribution is -0.422. The molecule has 57 heteroatoms. The number of amides is 6. The van der Waals surface area contributed by atoms with Gasteiger partial charge in [-0.05, 0) is 13.8 Å². The van der Waals surface area contributed by atoms with Crippen molar-refractivity contribution in [3.63, 3.8) is 0 Å². The maximum absolute atomic E-state index is 13.9. The molecule has 0 aliphatic carbocycles. The second-order valence-electron chi connectivity index (χ2n) is 31.7. The van der Waals surface area contributed by atoms with Crippen LogP contribution in [0.5, 0.6) is 0 Å². The van der Waals surface area contributed by atoms with Gasteiger partial charge in [0.25, 0.3) is 5.79 Å². The van der Waals surface area contributed by atoms with E-state index in [9.17, 15) is 156 Å². The number of hydrogen-bond donors (Lipinski definition) is 31. The van der Waals surface area contributed by atoms with Crippen LogP contribution in [0, 0.1) is 0 Å². The number of aliphatic carboxylic acids is 1. The van der Waals surface area contributed by atoms with Gasteiger partial charge in [0.15, 0.2) is 68.8 Å². The topological polar surface area (TPSA) is 907 Å². The van der Waals surface area contributed by atoms with E-state index < -0.39 is 388 Å². The van der Waals surface area contributed by atoms with Gasteiger partial charge in [-0.15, -0.1) is 0 Å². The Bertz CT molecular complexity index is 3580. The van der Waals surface area contributed by atoms with Crippen molar-refractivity contribution in [2.24, 2.45) is 17.2 Å². The van der Waals surface area contributed by atoms with E-state index in [2.05, 4.69) is 21.3 Å². The number of carbonyl (C=O) groups excluding carboxylic acids is 6. The molecule has 10 fully saturated rings. The molecule has 10 aliphatic heterocycles. The Balaban J connectivity index is 1.03. The number of primary amides is 2. The molecule has 724 valence electrons. The van der Waals surface area contributed by atoms with Crippen molar-refractivity contribution >= 4 is 41.9 Å². The van der Waals surface area contributed by atoms with Crippen LogP contribution in [0.3, 0.4) is 0 Å². The molecule has 10 saturated heterocycles. The van der Waals surface area contributed by atoms with Crippen LogP contribution >= 0.6 is 0 Å². The number of carbonyl (C=O) groups is 7. The van der Waals surface area contributed by atoms with Gasteiger partial charge in [0.1, 0.15) is 201 Å². The molecule has 0 spiro atoms. The third kappa shape index (κ3) is 21.9. The fourth-order valence-electron chi connectivity index (χ4n) is 16.3. The van der Waals surface area contributed by atoms with Crippen molar-refractivity contribution in [3.05, 3.63) is 0 Å². The number of ether oxygens (including phenoxy) is 19. The molecule has 6 amide bonds. The Hall–Kier alpha value is -5.43. The predicted octanol–water partition coefficient (Wildman–Crippen LogP) is -21.8. The first-order valence-corrected chi connectivity index (χ1v) is 39.7. The summed E-state index contributed by atoms with van der Waals surface area (Å²) in [6.45, 7) is -2.45. The summed E-state index contributed by atoms with van der Waals surface area (Å²) in [6.07, 6.45) is -99.0. The van der Waals surface area contributed by atoms with Gasteiger partial charge in [0, 0.05) is 27.2 Å². The zero-order valence-corrected chi connectivity index (χ0v) is 67.4. The molecular weight excluding hydrogens is 1730 g/mol. The Morgan fingerprint density at radius 3 is 1.23 bits per heavy atom. The normalized spacial score (nSPS) is 48.6. The molecule has 0 bridgehead atoms. The van der Waals surface area contributed by atoms with Crippen LogP contribution in [0.4, 0.5) is 0 Å². The average molecular weight is 1840 g/mol. The first-order chi connectivity index (χ1) is 59.3. The average Bonchev–Trinajstić information content (AvgIpc) is 0.753. The first-order valence-electron chi connectivity index (χ1n) is 39.7. The molecule has 0 aromatic rings. The van der Waals surface area contributed by atoms with E-state index in [1.54, 1.807) is 0 Å². The van der Waals surface area contributed by atoms with Crippen molar-refractivity contribution in [1.29, 1.82) is 0 Å². The van der Waals surface area contributed by atoms with Gasteiger partial charge in [-0.2, -0.15) is 0 Å². The molecule has 34 N–H and O–H groups in total. The number of nitrogens with two attached hydrogens (primary N) is 3. The van der Waals surface area contributed by atoms with E-state index in [4.69, 9.17) is 107 Å². The highest BCUT2D eigenvalue weighted by Crippen LogP contribution is 2.44. The van der Waals surface area contributed by atoms with Gasteiger partial charge in [-0.1, -0.05) is 0 Å². The fraction of sp³-hybridized carbons (Fsp3) is 0.899. The minimum Gasteiger partial charge on any atom is -0.477 e. The molecular formula is C69H113N7O50. The standard InChI is InChI=1S/C69H113N7O50/c1-14-27(73-13-83)36(94)41(99)63(108-14)120-51-38(96)29(75-17(4)85)61(124-55(51)58(72)104)119-50-37(95)28(74-16(3)84)60(123-54(50)57(71)103)118-49-30(76-18(5)86)62(109-15(2)31(49)89)117-48-25(12-82)114-67(56(125-59-26(70)35(93)32(90)21(8-78)110-59)53(48)122-65-43(101)40(98)34(92)23(10-80)112-65)116-47-24(11-81)113-66(52(44(47)102)121-64-42(100)39(97)33(91)22(9-79)111-64)115-45-19(87)6-69(107,68(105)106)126-46(45)20(88)7-77/h13-15,19-56,59-67,77-82,87-102,107H,6-12,70H2,1-5H3,(H2,71,103)(H2,72,104)(H,73,83)(H,74,84)(H,75,85)(H,76,86)(H,105,106)/t14-,15-,19-,20-,21-,22-,23-,24-,25-,26-,27-,28-,29-,30-,31-,32+,33-,34-,35-,36?,37-,38-,39+,40+,41-,42-,43-,44+,45-,46-,47-,48-,49-,50-,51-,52+,53+,54+,55+,56+,59-,60+,61+,62+,63+,64+,65-,66-,67+,69-/m1/s1. The summed E-state index contributed by atoms with van der Waals surface area (Å²) in [6, 6.07) is -9.49. The monoisotopic (exact) mass is 1840 g/mol. The zero-order valence-electron chi connectivity index (χ0n) is 67.4.